The molecular formula is C26H24FN3O3. The molecule has 3 N–H and O–H groups in total. The summed E-state index contributed by atoms with van der Waals surface area (Å²) in [5.74, 6) is -2.61. The van der Waals surface area contributed by atoms with Crippen LogP contribution in [0.25, 0.3) is 11.1 Å². The molecule has 0 spiro atoms. The van der Waals surface area contributed by atoms with E-state index in [0.29, 0.717) is 16.9 Å². The van der Waals surface area contributed by atoms with Crippen molar-refractivity contribution in [3.63, 3.8) is 0 Å². The maximum atomic E-state index is 13.9. The molecule has 7 heteroatoms. The predicted molar refractivity (Wildman–Crippen MR) is 125 cm³/mol. The van der Waals surface area contributed by atoms with Crippen LogP contribution in [-0.4, -0.2) is 23.8 Å². The van der Waals surface area contributed by atoms with Gasteiger partial charge in [0, 0.05) is 11.3 Å². The van der Waals surface area contributed by atoms with Crippen molar-refractivity contribution >= 4 is 29.1 Å². The van der Waals surface area contributed by atoms with Crippen LogP contribution in [0.1, 0.15) is 30.9 Å². The molecule has 0 saturated heterocycles. The zero-order valence-corrected chi connectivity index (χ0v) is 18.3. The van der Waals surface area contributed by atoms with Crippen molar-refractivity contribution in [1.82, 2.24) is 5.32 Å². The predicted octanol–water partition coefficient (Wildman–Crippen LogP) is 3.80. The van der Waals surface area contributed by atoms with Crippen molar-refractivity contribution in [2.45, 2.75) is 32.2 Å². The number of carbonyl (C=O) groups is 3. The summed E-state index contributed by atoms with van der Waals surface area (Å²) in [7, 11) is 0. The van der Waals surface area contributed by atoms with E-state index in [1.807, 2.05) is 24.3 Å². The molecule has 33 heavy (non-hydrogen) atoms. The minimum atomic E-state index is -1.02. The van der Waals surface area contributed by atoms with Gasteiger partial charge in [-0.1, -0.05) is 48.5 Å². The minimum Gasteiger partial charge on any atom is -0.398 e. The number of carbonyl (C=O) groups excluding carboxylic acids is 3. The summed E-state index contributed by atoms with van der Waals surface area (Å²) >= 11 is 0. The van der Waals surface area contributed by atoms with Crippen molar-refractivity contribution < 1.29 is 18.8 Å². The Balaban J connectivity index is 1.66. The number of fused-ring (bicyclic) bond motifs is 3. The lowest BCUT2D eigenvalue weighted by Gasteiger charge is -2.26. The van der Waals surface area contributed by atoms with Gasteiger partial charge in [0.25, 0.3) is 5.91 Å². The summed E-state index contributed by atoms with van der Waals surface area (Å²) in [6.45, 7) is 3.24. The Morgan fingerprint density at radius 2 is 1.76 bits per heavy atom. The van der Waals surface area contributed by atoms with Gasteiger partial charge >= 0.3 is 0 Å². The number of hydrogen-bond donors (Lipinski definition) is 2. The quantitative estimate of drug-likeness (QED) is 0.598. The molecule has 0 radical (unpaired) electrons. The highest BCUT2D eigenvalue weighted by Crippen LogP contribution is 2.44. The van der Waals surface area contributed by atoms with E-state index in [1.165, 1.54) is 25.1 Å². The number of nitrogens with zero attached hydrogens (tertiary/aromatic N) is 1. The first-order valence-corrected chi connectivity index (χ1v) is 10.7. The SMILES string of the molecule is CC1C(=O)N(C(=O)[C@H](C)NC(=O)Cc2ccccc2F)c2cccc(N)c2-c2ccccc21. The molecule has 2 atom stereocenters. The van der Waals surface area contributed by atoms with Crippen molar-refractivity contribution in [1.29, 1.82) is 0 Å². The lowest BCUT2D eigenvalue weighted by Crippen LogP contribution is -2.50. The standard InChI is InChI=1S/C26H24FN3O3/c1-15-18-9-4-5-10-19(18)24-21(28)12-7-13-22(24)30(25(15)32)26(33)16(2)29-23(31)14-17-8-3-6-11-20(17)27/h3-13,15-16H,14,28H2,1-2H3,(H,29,31)/t15?,16-/m0/s1. The van der Waals surface area contributed by atoms with Crippen LogP contribution in [0.15, 0.2) is 66.7 Å². The Labute approximate surface area is 191 Å². The molecule has 1 aliphatic heterocycles. The molecule has 1 unspecified atom stereocenters. The van der Waals surface area contributed by atoms with Gasteiger partial charge in [-0.3, -0.25) is 14.4 Å². The molecule has 3 aromatic carbocycles. The topological polar surface area (TPSA) is 92.5 Å². The van der Waals surface area contributed by atoms with Gasteiger partial charge in [-0.15, -0.1) is 0 Å². The molecular weight excluding hydrogens is 421 g/mol. The first kappa shape index (κ1) is 22.2. The average molecular weight is 445 g/mol. The minimum absolute atomic E-state index is 0.219. The Morgan fingerprint density at radius 3 is 2.52 bits per heavy atom. The number of benzene rings is 3. The molecule has 3 aromatic rings. The van der Waals surface area contributed by atoms with E-state index in [9.17, 15) is 18.8 Å². The second-order valence-corrected chi connectivity index (χ2v) is 8.12. The summed E-state index contributed by atoms with van der Waals surface area (Å²) in [6.07, 6.45) is -0.219. The number of nitrogens with two attached hydrogens (primary N) is 1. The van der Waals surface area contributed by atoms with Crippen LogP contribution >= 0.6 is 0 Å². The number of halogens is 1. The van der Waals surface area contributed by atoms with Crippen LogP contribution < -0.4 is 16.0 Å². The maximum absolute atomic E-state index is 13.9. The van der Waals surface area contributed by atoms with Gasteiger partial charge in [-0.2, -0.15) is 0 Å². The third-order valence-electron chi connectivity index (χ3n) is 5.88. The number of imide groups is 1. The molecule has 0 saturated carbocycles. The van der Waals surface area contributed by atoms with Crippen LogP contribution in [0.5, 0.6) is 0 Å². The smallest absolute Gasteiger partial charge is 0.256 e. The van der Waals surface area contributed by atoms with E-state index in [-0.39, 0.29) is 12.0 Å². The largest absolute Gasteiger partial charge is 0.398 e. The fourth-order valence-corrected chi connectivity index (χ4v) is 4.17. The van der Waals surface area contributed by atoms with E-state index in [4.69, 9.17) is 5.73 Å². The highest BCUT2D eigenvalue weighted by atomic mass is 19.1. The van der Waals surface area contributed by atoms with E-state index in [2.05, 4.69) is 5.32 Å². The molecule has 0 aliphatic carbocycles. The average Bonchev–Trinajstić information content (AvgIpc) is 2.89. The second-order valence-electron chi connectivity index (χ2n) is 8.12. The van der Waals surface area contributed by atoms with E-state index in [1.54, 1.807) is 31.2 Å². The van der Waals surface area contributed by atoms with Crippen LogP contribution in [-0.2, 0) is 20.8 Å². The van der Waals surface area contributed by atoms with Gasteiger partial charge in [0.1, 0.15) is 11.9 Å². The lowest BCUT2D eigenvalue weighted by atomic mass is 9.92. The Bertz CT molecular complexity index is 1260. The van der Waals surface area contributed by atoms with Crippen LogP contribution in [0.2, 0.25) is 0 Å². The first-order chi connectivity index (χ1) is 15.8. The van der Waals surface area contributed by atoms with Crippen molar-refractivity contribution in [2.75, 3.05) is 10.6 Å². The lowest BCUT2D eigenvalue weighted by molar-refractivity contribution is -0.131. The van der Waals surface area contributed by atoms with E-state index in [0.717, 1.165) is 16.0 Å². The maximum Gasteiger partial charge on any atom is 0.256 e. The zero-order chi connectivity index (χ0) is 23.7. The molecule has 3 amide bonds. The summed E-state index contributed by atoms with van der Waals surface area (Å²) in [4.78, 5) is 40.5. The van der Waals surface area contributed by atoms with Gasteiger partial charge < -0.3 is 11.1 Å². The normalized spacial score (nSPS) is 15.8. The molecule has 1 aliphatic rings. The Morgan fingerprint density at radius 1 is 1.06 bits per heavy atom. The Hall–Kier alpha value is -4.00. The highest BCUT2D eigenvalue weighted by Gasteiger charge is 2.37. The van der Waals surface area contributed by atoms with Crippen molar-refractivity contribution in [3.8, 4) is 11.1 Å². The summed E-state index contributed by atoms with van der Waals surface area (Å²) < 4.78 is 13.9. The van der Waals surface area contributed by atoms with E-state index >= 15 is 0 Å². The van der Waals surface area contributed by atoms with Crippen molar-refractivity contribution in [3.05, 3.63) is 83.7 Å². The molecule has 0 bridgehead atoms. The number of nitrogens with one attached hydrogen (secondary N) is 1. The van der Waals surface area contributed by atoms with Gasteiger partial charge in [-0.05, 0) is 48.7 Å². The third kappa shape index (κ3) is 4.09. The molecule has 1 heterocycles. The first-order valence-electron chi connectivity index (χ1n) is 10.7. The zero-order valence-electron chi connectivity index (χ0n) is 18.3. The summed E-state index contributed by atoms with van der Waals surface area (Å²) in [5.41, 5.74) is 9.48. The second kappa shape index (κ2) is 8.86. The number of rotatable bonds is 4. The van der Waals surface area contributed by atoms with Gasteiger partial charge in [0.05, 0.1) is 18.0 Å². The van der Waals surface area contributed by atoms with Crippen LogP contribution in [0, 0.1) is 5.82 Å². The molecule has 0 aromatic heterocycles. The van der Waals surface area contributed by atoms with Gasteiger partial charge in [0.2, 0.25) is 11.8 Å². The number of amides is 3. The van der Waals surface area contributed by atoms with Crippen molar-refractivity contribution in [2.24, 2.45) is 0 Å². The third-order valence-corrected chi connectivity index (χ3v) is 5.88. The number of hydrogen-bond acceptors (Lipinski definition) is 4. The van der Waals surface area contributed by atoms with Crippen LogP contribution in [0.4, 0.5) is 15.8 Å². The van der Waals surface area contributed by atoms with Crippen LogP contribution in [0.3, 0.4) is 0 Å². The molecule has 6 nitrogen and oxygen atoms in total. The van der Waals surface area contributed by atoms with Gasteiger partial charge in [-0.25, -0.2) is 9.29 Å². The highest BCUT2D eigenvalue weighted by molar-refractivity contribution is 6.22. The molecule has 168 valence electrons. The number of anilines is 2. The van der Waals surface area contributed by atoms with E-state index < -0.39 is 35.5 Å². The fourth-order valence-electron chi connectivity index (χ4n) is 4.17. The summed E-state index contributed by atoms with van der Waals surface area (Å²) in [5, 5.41) is 2.59. The fraction of sp³-hybridized carbons (Fsp3) is 0.192. The Kier molecular flexibility index (Phi) is 5.96. The monoisotopic (exact) mass is 445 g/mol. The summed E-state index contributed by atoms with van der Waals surface area (Å²) in [6, 6.07) is 17.4. The molecule has 0 fully saturated rings. The molecule has 4 rings (SSSR count). The van der Waals surface area contributed by atoms with Gasteiger partial charge in [0.15, 0.2) is 0 Å². The number of nitrogen functional groups attached to an aromatic ring is 1.